The molecular formula is C24H31N5O2. The maximum atomic E-state index is 12.8. The molecule has 1 aromatic carbocycles. The number of nitrogens with zero attached hydrogens (tertiary/aromatic N) is 4. The van der Waals surface area contributed by atoms with Crippen molar-refractivity contribution in [3.63, 3.8) is 0 Å². The Hall–Kier alpha value is -2.67. The van der Waals surface area contributed by atoms with Crippen LogP contribution in [0, 0.1) is 18.8 Å². The molecule has 2 aromatic rings. The molecule has 3 atom stereocenters. The fourth-order valence-corrected chi connectivity index (χ4v) is 5.20. The summed E-state index contributed by atoms with van der Waals surface area (Å²) in [5.41, 5.74) is 4.27. The van der Waals surface area contributed by atoms with Gasteiger partial charge in [-0.3, -0.25) is 9.78 Å². The number of hydrogen-bond acceptors (Lipinski definition) is 6. The maximum Gasteiger partial charge on any atom is 0.224 e. The quantitative estimate of drug-likeness (QED) is 0.814. The van der Waals surface area contributed by atoms with Gasteiger partial charge in [0.15, 0.2) is 0 Å². The minimum atomic E-state index is 0.0641. The van der Waals surface area contributed by atoms with E-state index in [9.17, 15) is 4.79 Å². The number of benzene rings is 1. The third-order valence-corrected chi connectivity index (χ3v) is 6.87. The minimum Gasteiger partial charge on any atom is -0.378 e. The van der Waals surface area contributed by atoms with Crippen molar-refractivity contribution in [2.45, 2.75) is 45.7 Å². The Morgan fingerprint density at radius 1 is 1.16 bits per heavy atom. The van der Waals surface area contributed by atoms with Gasteiger partial charge in [-0.2, -0.15) is 0 Å². The van der Waals surface area contributed by atoms with E-state index in [1.165, 1.54) is 18.5 Å². The molecule has 3 aliphatic rings. The van der Waals surface area contributed by atoms with Gasteiger partial charge in [0.25, 0.3) is 0 Å². The van der Waals surface area contributed by atoms with E-state index in [0.29, 0.717) is 5.92 Å². The third kappa shape index (κ3) is 3.87. The van der Waals surface area contributed by atoms with E-state index in [1.54, 1.807) is 19.3 Å². The van der Waals surface area contributed by atoms with Crippen LogP contribution in [0.5, 0.6) is 0 Å². The van der Waals surface area contributed by atoms with E-state index in [0.717, 1.165) is 49.1 Å². The van der Waals surface area contributed by atoms with Crippen LogP contribution in [0.15, 0.2) is 30.6 Å². The minimum absolute atomic E-state index is 0.0641. The lowest BCUT2D eigenvalue weighted by Gasteiger charge is -2.46. The average molecular weight is 422 g/mol. The van der Waals surface area contributed by atoms with Crippen molar-refractivity contribution in [3.8, 4) is 0 Å². The number of ether oxygens (including phenoxy) is 1. The summed E-state index contributed by atoms with van der Waals surface area (Å²) in [4.78, 5) is 26.2. The topological polar surface area (TPSA) is 70.6 Å². The highest BCUT2D eigenvalue weighted by Gasteiger charge is 2.47. The van der Waals surface area contributed by atoms with Crippen LogP contribution in [0.4, 0.5) is 17.2 Å². The summed E-state index contributed by atoms with van der Waals surface area (Å²) in [6.07, 6.45) is 5.98. The van der Waals surface area contributed by atoms with E-state index in [1.807, 2.05) is 6.92 Å². The SMILES string of the molecule is CC(=O)N1c2ccc(N3CCOCC3)cc2C(Nc2cnc(C)cn2)C(C)C1C1CC1. The van der Waals surface area contributed by atoms with Crippen LogP contribution in [0.2, 0.25) is 0 Å². The Bertz CT molecular complexity index is 953. The highest BCUT2D eigenvalue weighted by atomic mass is 16.5. The van der Waals surface area contributed by atoms with Crippen LogP contribution in [0.1, 0.15) is 44.0 Å². The summed E-state index contributed by atoms with van der Waals surface area (Å²) in [5.74, 6) is 1.72. The zero-order chi connectivity index (χ0) is 21.5. The predicted octanol–water partition coefficient (Wildman–Crippen LogP) is 3.56. The first-order valence-corrected chi connectivity index (χ1v) is 11.3. The van der Waals surface area contributed by atoms with Gasteiger partial charge >= 0.3 is 0 Å². The van der Waals surface area contributed by atoms with Crippen molar-refractivity contribution in [3.05, 3.63) is 41.9 Å². The predicted molar refractivity (Wildman–Crippen MR) is 121 cm³/mol. The molecule has 0 bridgehead atoms. The van der Waals surface area contributed by atoms with Gasteiger partial charge in [0.2, 0.25) is 5.91 Å². The Balaban J connectivity index is 1.57. The molecule has 1 aromatic heterocycles. The van der Waals surface area contributed by atoms with Crippen LogP contribution in [-0.4, -0.2) is 48.2 Å². The number of aryl methyl sites for hydroxylation is 1. The van der Waals surface area contributed by atoms with Crippen molar-refractivity contribution in [2.24, 2.45) is 11.8 Å². The van der Waals surface area contributed by atoms with Gasteiger partial charge in [-0.15, -0.1) is 0 Å². The number of rotatable bonds is 4. The Labute approximate surface area is 183 Å². The molecule has 1 saturated carbocycles. The summed E-state index contributed by atoms with van der Waals surface area (Å²) < 4.78 is 5.53. The lowest BCUT2D eigenvalue weighted by molar-refractivity contribution is -0.117. The zero-order valence-corrected chi connectivity index (χ0v) is 18.5. The van der Waals surface area contributed by atoms with E-state index >= 15 is 0 Å². The van der Waals surface area contributed by atoms with Crippen molar-refractivity contribution in [2.75, 3.05) is 41.4 Å². The van der Waals surface area contributed by atoms with E-state index in [2.05, 4.69) is 50.2 Å². The van der Waals surface area contributed by atoms with Gasteiger partial charge in [-0.1, -0.05) is 6.92 Å². The summed E-state index contributed by atoms with van der Waals surface area (Å²) >= 11 is 0. The smallest absolute Gasteiger partial charge is 0.224 e. The number of amides is 1. The monoisotopic (exact) mass is 421 g/mol. The average Bonchev–Trinajstić information content (AvgIpc) is 3.62. The molecule has 7 heteroatoms. The molecule has 1 N–H and O–H groups in total. The Morgan fingerprint density at radius 3 is 2.58 bits per heavy atom. The molecule has 7 nitrogen and oxygen atoms in total. The van der Waals surface area contributed by atoms with E-state index < -0.39 is 0 Å². The standard InChI is InChI=1S/C24H31N5O2/c1-15-13-26-22(14-25-15)27-23-16(2)24(18-4-5-18)29(17(3)30)21-7-6-19(12-20(21)23)28-8-10-31-11-9-28/h6-7,12-14,16,18,23-24H,4-5,8-11H2,1-3H3,(H,26,27). The number of aromatic nitrogens is 2. The fraction of sp³-hybridized carbons (Fsp3) is 0.542. The number of anilines is 3. The molecule has 31 heavy (non-hydrogen) atoms. The molecule has 2 aliphatic heterocycles. The molecule has 2 fully saturated rings. The molecule has 1 saturated heterocycles. The molecule has 164 valence electrons. The van der Waals surface area contributed by atoms with Gasteiger partial charge < -0.3 is 19.9 Å². The number of hydrogen-bond donors (Lipinski definition) is 1. The van der Waals surface area contributed by atoms with Gasteiger partial charge in [0.05, 0.1) is 37.3 Å². The summed E-state index contributed by atoms with van der Waals surface area (Å²) in [6.45, 7) is 9.17. The van der Waals surface area contributed by atoms with Crippen LogP contribution in [-0.2, 0) is 9.53 Å². The number of morpholine rings is 1. The van der Waals surface area contributed by atoms with Gasteiger partial charge in [0, 0.05) is 48.9 Å². The van der Waals surface area contributed by atoms with E-state index in [4.69, 9.17) is 4.74 Å². The van der Waals surface area contributed by atoms with Crippen LogP contribution >= 0.6 is 0 Å². The Kier molecular flexibility index (Phi) is 5.30. The number of fused-ring (bicyclic) bond motifs is 1. The van der Waals surface area contributed by atoms with Gasteiger partial charge in [0.1, 0.15) is 5.82 Å². The first-order valence-electron chi connectivity index (χ1n) is 11.3. The van der Waals surface area contributed by atoms with Gasteiger partial charge in [-0.05, 0) is 43.9 Å². The highest BCUT2D eigenvalue weighted by Crippen LogP contribution is 2.50. The number of nitrogens with one attached hydrogen (secondary N) is 1. The van der Waals surface area contributed by atoms with Gasteiger partial charge in [-0.25, -0.2) is 4.98 Å². The highest BCUT2D eigenvalue weighted by molar-refractivity contribution is 5.94. The van der Waals surface area contributed by atoms with Crippen molar-refractivity contribution < 1.29 is 9.53 Å². The third-order valence-electron chi connectivity index (χ3n) is 6.87. The second-order valence-electron chi connectivity index (χ2n) is 9.08. The maximum absolute atomic E-state index is 12.8. The molecule has 1 amide bonds. The molecule has 3 heterocycles. The zero-order valence-electron chi connectivity index (χ0n) is 18.5. The summed E-state index contributed by atoms with van der Waals surface area (Å²) in [6, 6.07) is 6.82. The van der Waals surface area contributed by atoms with Crippen molar-refractivity contribution >= 4 is 23.1 Å². The van der Waals surface area contributed by atoms with Crippen LogP contribution < -0.4 is 15.1 Å². The number of carbonyl (C=O) groups is 1. The lowest BCUT2D eigenvalue weighted by atomic mass is 9.79. The lowest BCUT2D eigenvalue weighted by Crippen LogP contribution is -2.51. The van der Waals surface area contributed by atoms with Crippen LogP contribution in [0.25, 0.3) is 0 Å². The molecule has 5 rings (SSSR count). The molecule has 3 unspecified atom stereocenters. The molecule has 0 radical (unpaired) electrons. The first kappa shape index (κ1) is 20.2. The second-order valence-corrected chi connectivity index (χ2v) is 9.08. The number of carbonyl (C=O) groups excluding carboxylic acids is 1. The second kappa shape index (κ2) is 8.11. The molecule has 1 aliphatic carbocycles. The molecule has 0 spiro atoms. The summed E-state index contributed by atoms with van der Waals surface area (Å²) in [5, 5.41) is 3.66. The van der Waals surface area contributed by atoms with Crippen molar-refractivity contribution in [1.29, 1.82) is 0 Å². The Morgan fingerprint density at radius 2 is 1.94 bits per heavy atom. The summed E-state index contributed by atoms with van der Waals surface area (Å²) in [7, 11) is 0. The largest absolute Gasteiger partial charge is 0.378 e. The fourth-order valence-electron chi connectivity index (χ4n) is 5.20. The van der Waals surface area contributed by atoms with E-state index in [-0.39, 0.29) is 23.9 Å². The molecular weight excluding hydrogens is 390 g/mol. The first-order chi connectivity index (χ1) is 15.0. The van der Waals surface area contributed by atoms with Crippen LogP contribution in [0.3, 0.4) is 0 Å². The normalized spacial score (nSPS) is 25.8. The van der Waals surface area contributed by atoms with Crippen molar-refractivity contribution in [1.82, 2.24) is 9.97 Å².